The lowest BCUT2D eigenvalue weighted by molar-refractivity contribution is 0.737. The monoisotopic (exact) mass is 209 g/mol. The summed E-state index contributed by atoms with van der Waals surface area (Å²) in [6.07, 6.45) is 0.894. The highest BCUT2D eigenvalue weighted by Crippen LogP contribution is 2.09. The maximum Gasteiger partial charge on any atom is 0.0277 e. The van der Waals surface area contributed by atoms with Crippen LogP contribution in [0.2, 0.25) is 0 Å². The molecule has 1 atom stereocenters. The molecule has 0 amide bonds. The minimum atomic E-state index is 0. The fourth-order valence-electron chi connectivity index (χ4n) is 1.30. The van der Waals surface area contributed by atoms with Crippen molar-refractivity contribution in [1.82, 2.24) is 0 Å². The third-order valence-corrected chi connectivity index (χ3v) is 1.82. The highest BCUT2D eigenvalue weighted by atomic mass is 35.5. The number of rotatable bonds is 2. The van der Waals surface area contributed by atoms with Gasteiger partial charge in [0, 0.05) is 11.6 Å². The Balaban J connectivity index is 0.00000169. The van der Waals surface area contributed by atoms with Crippen LogP contribution in [0.15, 0.2) is 24.3 Å². The zero-order chi connectivity index (χ0) is 9.68. The van der Waals surface area contributed by atoms with E-state index in [1.165, 1.54) is 5.56 Å². The normalized spacial score (nSPS) is 10.8. The van der Waals surface area contributed by atoms with Crippen molar-refractivity contribution in [2.24, 2.45) is 5.73 Å². The lowest BCUT2D eigenvalue weighted by atomic mass is 10.0. The van der Waals surface area contributed by atoms with Crippen molar-refractivity contribution in [3.8, 4) is 11.8 Å². The highest BCUT2D eigenvalue weighted by Gasteiger charge is 2.01. The second-order valence-corrected chi connectivity index (χ2v) is 3.21. The Hall–Kier alpha value is -0.970. The van der Waals surface area contributed by atoms with Gasteiger partial charge in [-0.15, -0.1) is 18.3 Å². The molecule has 1 rings (SSSR count). The highest BCUT2D eigenvalue weighted by molar-refractivity contribution is 5.85. The van der Waals surface area contributed by atoms with Crippen molar-refractivity contribution in [2.45, 2.75) is 26.3 Å². The molecule has 1 aromatic carbocycles. The van der Waals surface area contributed by atoms with Gasteiger partial charge in [0.25, 0.3) is 0 Å². The van der Waals surface area contributed by atoms with Crippen molar-refractivity contribution >= 4 is 12.4 Å². The molecule has 76 valence electrons. The number of hydrogen-bond donors (Lipinski definition) is 1. The van der Waals surface area contributed by atoms with Crippen LogP contribution >= 0.6 is 12.4 Å². The van der Waals surface area contributed by atoms with E-state index >= 15 is 0 Å². The summed E-state index contributed by atoms with van der Waals surface area (Å²) in [5.41, 5.74) is 8.08. The Morgan fingerprint density at radius 2 is 2.00 bits per heavy atom. The van der Waals surface area contributed by atoms with Crippen LogP contribution in [0.5, 0.6) is 0 Å². The summed E-state index contributed by atoms with van der Waals surface area (Å²) >= 11 is 0. The predicted molar refractivity (Wildman–Crippen MR) is 63.6 cm³/mol. The lowest BCUT2D eigenvalue weighted by Gasteiger charge is -2.06. The zero-order valence-electron chi connectivity index (χ0n) is 8.58. The van der Waals surface area contributed by atoms with E-state index in [4.69, 9.17) is 5.73 Å². The number of halogens is 1. The minimum Gasteiger partial charge on any atom is -0.328 e. The number of hydrogen-bond acceptors (Lipinski definition) is 1. The fourth-order valence-corrected chi connectivity index (χ4v) is 1.30. The Labute approximate surface area is 92.1 Å². The van der Waals surface area contributed by atoms with Crippen LogP contribution in [0.1, 0.15) is 25.0 Å². The molecule has 0 fully saturated rings. The van der Waals surface area contributed by atoms with Gasteiger partial charge in [-0.1, -0.05) is 24.1 Å². The molecule has 0 aliphatic heterocycles. The molecule has 0 heterocycles. The minimum absolute atomic E-state index is 0. The quantitative estimate of drug-likeness (QED) is 0.744. The van der Waals surface area contributed by atoms with Crippen molar-refractivity contribution in [3.63, 3.8) is 0 Å². The first-order chi connectivity index (χ1) is 6.24. The van der Waals surface area contributed by atoms with Gasteiger partial charge < -0.3 is 5.73 Å². The summed E-state index contributed by atoms with van der Waals surface area (Å²) in [4.78, 5) is 0. The van der Waals surface area contributed by atoms with Gasteiger partial charge in [0.1, 0.15) is 0 Å². The van der Waals surface area contributed by atoms with E-state index in [9.17, 15) is 0 Å². The number of nitrogens with two attached hydrogens (primary N) is 1. The van der Waals surface area contributed by atoms with Crippen LogP contribution < -0.4 is 5.73 Å². The first kappa shape index (κ1) is 13.0. The Morgan fingerprint density at radius 3 is 2.57 bits per heavy atom. The van der Waals surface area contributed by atoms with Crippen LogP contribution in [0.3, 0.4) is 0 Å². The summed E-state index contributed by atoms with van der Waals surface area (Å²) in [6, 6.07) is 8.35. The molecule has 14 heavy (non-hydrogen) atoms. The maximum absolute atomic E-state index is 5.74. The lowest BCUT2D eigenvalue weighted by Crippen LogP contribution is -2.18. The molecule has 0 bridgehead atoms. The molecule has 2 heteroatoms. The average molecular weight is 210 g/mol. The first-order valence-electron chi connectivity index (χ1n) is 4.50. The summed E-state index contributed by atoms with van der Waals surface area (Å²) in [6.45, 7) is 3.86. The van der Waals surface area contributed by atoms with E-state index in [-0.39, 0.29) is 18.4 Å². The molecule has 2 N–H and O–H groups in total. The van der Waals surface area contributed by atoms with Crippen LogP contribution in [-0.4, -0.2) is 6.04 Å². The topological polar surface area (TPSA) is 26.0 Å². The third kappa shape index (κ3) is 3.83. The molecule has 0 radical (unpaired) electrons. The first-order valence-corrected chi connectivity index (χ1v) is 4.50. The fraction of sp³-hybridized carbons (Fsp3) is 0.333. The van der Waals surface area contributed by atoms with Gasteiger partial charge in [-0.3, -0.25) is 0 Å². The van der Waals surface area contributed by atoms with Crippen molar-refractivity contribution in [1.29, 1.82) is 0 Å². The summed E-state index contributed by atoms with van der Waals surface area (Å²) in [5, 5.41) is 0. The van der Waals surface area contributed by atoms with Crippen LogP contribution in [0.25, 0.3) is 0 Å². The second kappa shape index (κ2) is 6.48. The average Bonchev–Trinajstić information content (AvgIpc) is 2.08. The molecular weight excluding hydrogens is 194 g/mol. The molecule has 0 aliphatic rings. The molecule has 0 saturated heterocycles. The van der Waals surface area contributed by atoms with Gasteiger partial charge in [-0.25, -0.2) is 0 Å². The van der Waals surface area contributed by atoms with E-state index in [1.54, 1.807) is 0 Å². The van der Waals surface area contributed by atoms with Crippen LogP contribution in [0, 0.1) is 11.8 Å². The van der Waals surface area contributed by atoms with Crippen LogP contribution in [0.4, 0.5) is 0 Å². The van der Waals surface area contributed by atoms with Crippen molar-refractivity contribution in [2.75, 3.05) is 0 Å². The molecule has 1 nitrogen and oxygen atoms in total. The third-order valence-electron chi connectivity index (χ3n) is 1.82. The van der Waals surface area contributed by atoms with Gasteiger partial charge in [0.15, 0.2) is 0 Å². The van der Waals surface area contributed by atoms with Crippen LogP contribution in [-0.2, 0) is 6.42 Å². The summed E-state index contributed by atoms with van der Waals surface area (Å²) in [5.74, 6) is 5.98. The van der Waals surface area contributed by atoms with Crippen molar-refractivity contribution < 1.29 is 0 Å². The molecule has 1 unspecified atom stereocenters. The van der Waals surface area contributed by atoms with Gasteiger partial charge in [0.2, 0.25) is 0 Å². The molecule has 0 aliphatic carbocycles. The van der Waals surface area contributed by atoms with Gasteiger partial charge in [-0.2, -0.15) is 0 Å². The predicted octanol–water partition coefficient (Wildman–Crippen LogP) is 2.37. The van der Waals surface area contributed by atoms with Crippen molar-refractivity contribution in [3.05, 3.63) is 35.4 Å². The standard InChI is InChI=1S/C12H15N.ClH/c1-3-6-11-7-4-5-8-12(11)9-10(2)13;/h4-5,7-8,10H,9,13H2,1-2H3;1H. The smallest absolute Gasteiger partial charge is 0.0277 e. The van der Waals surface area contributed by atoms with E-state index in [1.807, 2.05) is 32.0 Å². The van der Waals surface area contributed by atoms with E-state index in [0.29, 0.717) is 0 Å². The molecule has 0 aromatic heterocycles. The SMILES string of the molecule is CC#Cc1ccccc1CC(C)N.Cl. The largest absolute Gasteiger partial charge is 0.328 e. The van der Waals surface area contributed by atoms with Gasteiger partial charge in [0.05, 0.1) is 0 Å². The van der Waals surface area contributed by atoms with E-state index in [2.05, 4.69) is 17.9 Å². The van der Waals surface area contributed by atoms with E-state index in [0.717, 1.165) is 12.0 Å². The summed E-state index contributed by atoms with van der Waals surface area (Å²) in [7, 11) is 0. The molecular formula is C12H16ClN. The second-order valence-electron chi connectivity index (χ2n) is 3.21. The number of benzene rings is 1. The Morgan fingerprint density at radius 1 is 1.36 bits per heavy atom. The molecule has 0 saturated carbocycles. The summed E-state index contributed by atoms with van der Waals surface area (Å²) < 4.78 is 0. The Kier molecular flexibility index (Phi) is 6.03. The van der Waals surface area contributed by atoms with E-state index < -0.39 is 0 Å². The molecule has 1 aromatic rings. The zero-order valence-corrected chi connectivity index (χ0v) is 9.40. The van der Waals surface area contributed by atoms with Gasteiger partial charge in [-0.05, 0) is 31.9 Å². The molecule has 0 spiro atoms. The van der Waals surface area contributed by atoms with Gasteiger partial charge >= 0.3 is 0 Å². The Bertz CT molecular complexity index is 334. The maximum atomic E-state index is 5.74.